The Balaban J connectivity index is 1.75. The molecule has 2 N–H and O–H groups in total. The molecular weight excluding hydrogens is 326 g/mol. The van der Waals surface area contributed by atoms with Crippen LogP contribution in [0.5, 0.6) is 0 Å². The lowest BCUT2D eigenvalue weighted by Gasteiger charge is -2.29. The Labute approximate surface area is 155 Å². The van der Waals surface area contributed by atoms with E-state index in [2.05, 4.69) is 5.32 Å². The first-order valence-electron chi connectivity index (χ1n) is 9.23. The average molecular weight is 353 g/mol. The zero-order valence-corrected chi connectivity index (χ0v) is 15.5. The Hall–Kier alpha value is -2.17. The Morgan fingerprint density at radius 3 is 2.46 bits per heavy atom. The second kappa shape index (κ2) is 8.02. The summed E-state index contributed by atoms with van der Waals surface area (Å²) in [6.07, 6.45) is 3.70. The van der Waals surface area contributed by atoms with Gasteiger partial charge < -0.3 is 15.2 Å². The summed E-state index contributed by atoms with van der Waals surface area (Å²) in [5.74, 6) is -0.0479. The standard InChI is InChI=1S/C22H27NO3/c1-16(24)19-6-5-7-20(14-19)17-8-10-18(11-9-17)21(25)23-22(15-26-2)12-3-4-13-22/h5-11,14,16,24H,3-4,12-13,15H2,1-2H3,(H,23,25)/t16-/m1/s1. The number of hydrogen-bond donors (Lipinski definition) is 2. The number of hydrogen-bond acceptors (Lipinski definition) is 3. The molecule has 0 unspecified atom stereocenters. The molecule has 26 heavy (non-hydrogen) atoms. The fraction of sp³-hybridized carbons (Fsp3) is 0.409. The van der Waals surface area contributed by atoms with Crippen LogP contribution in [0.2, 0.25) is 0 Å². The van der Waals surface area contributed by atoms with Crippen molar-refractivity contribution >= 4 is 5.91 Å². The third-order valence-electron chi connectivity index (χ3n) is 5.21. The van der Waals surface area contributed by atoms with Crippen LogP contribution in [0.25, 0.3) is 11.1 Å². The van der Waals surface area contributed by atoms with E-state index in [1.54, 1.807) is 14.0 Å². The zero-order valence-electron chi connectivity index (χ0n) is 15.5. The lowest BCUT2D eigenvalue weighted by atomic mass is 9.97. The van der Waals surface area contributed by atoms with Crippen molar-refractivity contribution in [2.75, 3.05) is 13.7 Å². The molecule has 0 bridgehead atoms. The number of benzene rings is 2. The van der Waals surface area contributed by atoms with Crippen LogP contribution in [0.1, 0.15) is 54.6 Å². The molecule has 1 amide bonds. The first-order valence-corrected chi connectivity index (χ1v) is 9.23. The maximum atomic E-state index is 12.7. The zero-order chi connectivity index (χ0) is 18.6. The fourth-order valence-electron chi connectivity index (χ4n) is 3.74. The van der Waals surface area contributed by atoms with Gasteiger partial charge in [0.05, 0.1) is 18.2 Å². The topological polar surface area (TPSA) is 58.6 Å². The number of nitrogens with one attached hydrogen (secondary N) is 1. The van der Waals surface area contributed by atoms with Gasteiger partial charge in [0.2, 0.25) is 0 Å². The first kappa shape index (κ1) is 18.6. The van der Waals surface area contributed by atoms with Crippen molar-refractivity contribution in [1.82, 2.24) is 5.32 Å². The highest BCUT2D eigenvalue weighted by Gasteiger charge is 2.35. The van der Waals surface area contributed by atoms with E-state index < -0.39 is 6.10 Å². The summed E-state index contributed by atoms with van der Waals surface area (Å²) >= 11 is 0. The summed E-state index contributed by atoms with van der Waals surface area (Å²) in [7, 11) is 1.68. The van der Waals surface area contributed by atoms with E-state index in [0.717, 1.165) is 42.4 Å². The predicted octanol–water partition coefficient (Wildman–Crippen LogP) is 4.10. The van der Waals surface area contributed by atoms with E-state index in [1.807, 2.05) is 48.5 Å². The van der Waals surface area contributed by atoms with Crippen LogP contribution in [0.15, 0.2) is 48.5 Å². The number of aliphatic hydroxyl groups excluding tert-OH is 1. The van der Waals surface area contributed by atoms with Gasteiger partial charge in [-0.15, -0.1) is 0 Å². The van der Waals surface area contributed by atoms with Crippen LogP contribution in [0, 0.1) is 0 Å². The maximum Gasteiger partial charge on any atom is 0.251 e. The molecule has 0 aliphatic heterocycles. The Morgan fingerprint density at radius 2 is 1.85 bits per heavy atom. The summed E-state index contributed by atoms with van der Waals surface area (Å²) in [6.45, 7) is 2.31. The van der Waals surface area contributed by atoms with Crippen molar-refractivity contribution in [2.45, 2.75) is 44.2 Å². The van der Waals surface area contributed by atoms with Crippen molar-refractivity contribution < 1.29 is 14.6 Å². The number of methoxy groups -OCH3 is 1. The third kappa shape index (κ3) is 4.14. The monoisotopic (exact) mass is 353 g/mol. The van der Waals surface area contributed by atoms with Gasteiger partial charge in [-0.25, -0.2) is 0 Å². The van der Waals surface area contributed by atoms with Crippen LogP contribution in [0.4, 0.5) is 0 Å². The normalized spacial score (nSPS) is 17.0. The number of ether oxygens (including phenoxy) is 1. The lowest BCUT2D eigenvalue weighted by Crippen LogP contribution is -2.49. The van der Waals surface area contributed by atoms with Crippen molar-refractivity contribution in [2.24, 2.45) is 0 Å². The van der Waals surface area contributed by atoms with E-state index in [4.69, 9.17) is 4.74 Å². The van der Waals surface area contributed by atoms with Gasteiger partial charge in [0, 0.05) is 12.7 Å². The minimum absolute atomic E-state index is 0.0479. The number of amides is 1. The number of rotatable bonds is 6. The van der Waals surface area contributed by atoms with Crippen molar-refractivity contribution in [3.05, 3.63) is 59.7 Å². The molecule has 4 heteroatoms. The Morgan fingerprint density at radius 1 is 1.15 bits per heavy atom. The Bertz CT molecular complexity index is 746. The van der Waals surface area contributed by atoms with E-state index in [-0.39, 0.29) is 11.4 Å². The molecule has 1 fully saturated rings. The highest BCUT2D eigenvalue weighted by molar-refractivity contribution is 5.95. The van der Waals surface area contributed by atoms with Gasteiger partial charge in [0.25, 0.3) is 5.91 Å². The molecule has 4 nitrogen and oxygen atoms in total. The summed E-state index contributed by atoms with van der Waals surface area (Å²) in [6, 6.07) is 15.4. The minimum atomic E-state index is -0.497. The van der Waals surface area contributed by atoms with Gasteiger partial charge in [-0.3, -0.25) is 4.79 Å². The smallest absolute Gasteiger partial charge is 0.251 e. The van der Waals surface area contributed by atoms with E-state index in [1.165, 1.54) is 0 Å². The van der Waals surface area contributed by atoms with Crippen LogP contribution in [-0.2, 0) is 4.74 Å². The molecule has 2 aromatic carbocycles. The molecule has 0 saturated heterocycles. The molecule has 1 aliphatic rings. The van der Waals surface area contributed by atoms with Crippen molar-refractivity contribution in [3.63, 3.8) is 0 Å². The molecule has 0 spiro atoms. The number of carbonyl (C=O) groups excluding carboxylic acids is 1. The van der Waals surface area contributed by atoms with E-state index in [9.17, 15) is 9.90 Å². The molecule has 3 rings (SSSR count). The molecule has 1 atom stereocenters. The van der Waals surface area contributed by atoms with Crippen molar-refractivity contribution in [3.8, 4) is 11.1 Å². The third-order valence-corrected chi connectivity index (χ3v) is 5.21. The number of aliphatic hydroxyl groups is 1. The summed E-state index contributed by atoms with van der Waals surface area (Å²) in [5, 5.41) is 12.9. The molecule has 0 heterocycles. The SMILES string of the molecule is COCC1(NC(=O)c2ccc(-c3cccc([C@@H](C)O)c3)cc2)CCCC1. The average Bonchev–Trinajstić information content (AvgIpc) is 3.10. The van der Waals surface area contributed by atoms with Gasteiger partial charge >= 0.3 is 0 Å². The molecule has 138 valence electrons. The quantitative estimate of drug-likeness (QED) is 0.822. The van der Waals surface area contributed by atoms with Gasteiger partial charge in [0.1, 0.15) is 0 Å². The minimum Gasteiger partial charge on any atom is -0.389 e. The first-order chi connectivity index (χ1) is 12.5. The van der Waals surface area contributed by atoms with Crippen LogP contribution in [-0.4, -0.2) is 30.3 Å². The second-order valence-electron chi connectivity index (χ2n) is 7.25. The highest BCUT2D eigenvalue weighted by Crippen LogP contribution is 2.30. The van der Waals surface area contributed by atoms with Gasteiger partial charge in [-0.1, -0.05) is 43.2 Å². The van der Waals surface area contributed by atoms with Gasteiger partial charge in [-0.05, 0) is 54.7 Å². The fourth-order valence-corrected chi connectivity index (χ4v) is 3.74. The lowest BCUT2D eigenvalue weighted by molar-refractivity contribution is 0.0767. The molecule has 0 aromatic heterocycles. The second-order valence-corrected chi connectivity index (χ2v) is 7.25. The van der Waals surface area contributed by atoms with Crippen LogP contribution < -0.4 is 5.32 Å². The summed E-state index contributed by atoms with van der Waals surface area (Å²) in [5.41, 5.74) is 3.37. The van der Waals surface area contributed by atoms with Crippen LogP contribution >= 0.6 is 0 Å². The predicted molar refractivity (Wildman–Crippen MR) is 103 cm³/mol. The van der Waals surface area contributed by atoms with Crippen LogP contribution in [0.3, 0.4) is 0 Å². The van der Waals surface area contributed by atoms with Gasteiger partial charge in [0.15, 0.2) is 0 Å². The largest absolute Gasteiger partial charge is 0.389 e. The van der Waals surface area contributed by atoms with E-state index in [0.29, 0.717) is 12.2 Å². The maximum absolute atomic E-state index is 12.7. The Kier molecular flexibility index (Phi) is 5.74. The summed E-state index contributed by atoms with van der Waals surface area (Å²) in [4.78, 5) is 12.7. The molecule has 1 aliphatic carbocycles. The molecule has 0 radical (unpaired) electrons. The van der Waals surface area contributed by atoms with Crippen molar-refractivity contribution in [1.29, 1.82) is 0 Å². The number of carbonyl (C=O) groups is 1. The molecular formula is C22H27NO3. The summed E-state index contributed by atoms with van der Waals surface area (Å²) < 4.78 is 5.34. The molecule has 2 aromatic rings. The van der Waals surface area contributed by atoms with E-state index >= 15 is 0 Å². The molecule has 1 saturated carbocycles. The van der Waals surface area contributed by atoms with Gasteiger partial charge in [-0.2, -0.15) is 0 Å². The highest BCUT2D eigenvalue weighted by atomic mass is 16.5.